The van der Waals surface area contributed by atoms with Crippen molar-refractivity contribution in [1.29, 1.82) is 5.26 Å². The topological polar surface area (TPSA) is 59.4 Å². The van der Waals surface area contributed by atoms with Crippen molar-refractivity contribution in [2.24, 2.45) is 0 Å². The quantitative estimate of drug-likeness (QED) is 0.453. The maximum atomic E-state index is 12.6. The van der Waals surface area contributed by atoms with E-state index in [0.717, 1.165) is 12.1 Å². The molecule has 0 heterocycles. The smallest absolute Gasteiger partial charge is 0.266 e. The second kappa shape index (κ2) is 9.65. The lowest BCUT2D eigenvalue weighted by Crippen LogP contribution is -2.37. The van der Waals surface area contributed by atoms with Crippen LogP contribution < -0.4 is 5.32 Å². The van der Waals surface area contributed by atoms with Gasteiger partial charge in [0.25, 0.3) is 5.91 Å². The normalized spacial score (nSPS) is 11.4. The molecule has 0 saturated heterocycles. The number of nitriles is 1. The van der Waals surface area contributed by atoms with Crippen molar-refractivity contribution in [1.82, 2.24) is 15.1 Å². The molecule has 0 unspecified atom stereocenters. The van der Waals surface area contributed by atoms with Gasteiger partial charge < -0.3 is 15.1 Å². The van der Waals surface area contributed by atoms with E-state index in [9.17, 15) is 10.1 Å². The highest BCUT2D eigenvalue weighted by Crippen LogP contribution is 2.12. The molecule has 0 spiro atoms. The van der Waals surface area contributed by atoms with Crippen LogP contribution in [-0.2, 0) is 11.3 Å². The molecule has 0 atom stereocenters. The summed E-state index contributed by atoms with van der Waals surface area (Å²) in [6, 6.07) is 11.8. The molecule has 5 nitrogen and oxygen atoms in total. The van der Waals surface area contributed by atoms with E-state index in [1.54, 1.807) is 4.90 Å². The number of carbonyl (C=O) groups is 1. The summed E-state index contributed by atoms with van der Waals surface area (Å²) < 4.78 is 0. The predicted octanol–water partition coefficient (Wildman–Crippen LogP) is 1.98. The molecule has 124 valence electrons. The van der Waals surface area contributed by atoms with Gasteiger partial charge in [-0.25, -0.2) is 0 Å². The summed E-state index contributed by atoms with van der Waals surface area (Å²) >= 11 is 0. The van der Waals surface area contributed by atoms with Crippen LogP contribution in [0.1, 0.15) is 19.4 Å². The van der Waals surface area contributed by atoms with E-state index in [1.807, 2.05) is 69.2 Å². The summed E-state index contributed by atoms with van der Waals surface area (Å²) in [5, 5.41) is 12.3. The Bertz CT molecular complexity index is 558. The number of rotatable bonds is 8. The first-order valence-corrected chi connectivity index (χ1v) is 7.79. The van der Waals surface area contributed by atoms with Gasteiger partial charge in [0.2, 0.25) is 0 Å². The van der Waals surface area contributed by atoms with Crippen molar-refractivity contribution in [2.45, 2.75) is 26.4 Å². The molecule has 1 aromatic carbocycles. The predicted molar refractivity (Wildman–Crippen MR) is 92.4 cm³/mol. The monoisotopic (exact) mass is 314 g/mol. The summed E-state index contributed by atoms with van der Waals surface area (Å²) in [5.41, 5.74) is 1.18. The lowest BCUT2D eigenvalue weighted by Gasteiger charge is -2.26. The number of hydrogen-bond donors (Lipinski definition) is 1. The zero-order valence-electron chi connectivity index (χ0n) is 14.4. The number of amides is 1. The van der Waals surface area contributed by atoms with Gasteiger partial charge in [0.1, 0.15) is 11.6 Å². The summed E-state index contributed by atoms with van der Waals surface area (Å²) in [5.74, 6) is -0.247. The molecule has 0 saturated carbocycles. The Morgan fingerprint density at radius 3 is 2.48 bits per heavy atom. The molecule has 1 N–H and O–H groups in total. The average molecular weight is 314 g/mol. The first kappa shape index (κ1) is 18.7. The lowest BCUT2D eigenvalue weighted by atomic mass is 10.1. The number of nitrogens with zero attached hydrogens (tertiary/aromatic N) is 3. The Morgan fingerprint density at radius 1 is 1.30 bits per heavy atom. The van der Waals surface area contributed by atoms with E-state index in [-0.39, 0.29) is 17.5 Å². The number of likely N-dealkylation sites (N-methyl/N-ethyl adjacent to an activating group) is 1. The van der Waals surface area contributed by atoms with Crippen LogP contribution in [0.2, 0.25) is 0 Å². The van der Waals surface area contributed by atoms with Gasteiger partial charge in [0.05, 0.1) is 0 Å². The Kier molecular flexibility index (Phi) is 7.86. The van der Waals surface area contributed by atoms with E-state index in [1.165, 1.54) is 6.20 Å². The van der Waals surface area contributed by atoms with Gasteiger partial charge in [0.15, 0.2) is 0 Å². The van der Waals surface area contributed by atoms with Crippen molar-refractivity contribution in [3.63, 3.8) is 0 Å². The molecule has 0 fully saturated rings. The number of hydrogen-bond acceptors (Lipinski definition) is 4. The molecule has 1 amide bonds. The molecular formula is C18H26N4O. The molecule has 5 heteroatoms. The zero-order chi connectivity index (χ0) is 17.2. The second-order valence-electron chi connectivity index (χ2n) is 5.94. The molecular weight excluding hydrogens is 288 g/mol. The Hall–Kier alpha value is -2.32. The summed E-state index contributed by atoms with van der Waals surface area (Å²) in [6.07, 6.45) is 1.52. The standard InChI is InChI=1S/C18H26N4O/c1-15(2)22(14-16-8-6-5-7-9-16)18(23)17(12-19)13-20-10-11-21(3)4/h5-9,13,15,20H,10-11,14H2,1-4H3/b17-13-. The Balaban J connectivity index is 2.78. The third-order valence-electron chi connectivity index (χ3n) is 3.38. The van der Waals surface area contributed by atoms with E-state index in [0.29, 0.717) is 13.1 Å². The lowest BCUT2D eigenvalue weighted by molar-refractivity contribution is -0.129. The number of nitrogens with one attached hydrogen (secondary N) is 1. The van der Waals surface area contributed by atoms with Crippen molar-refractivity contribution in [2.75, 3.05) is 27.2 Å². The summed E-state index contributed by atoms with van der Waals surface area (Å²) in [7, 11) is 3.95. The van der Waals surface area contributed by atoms with Crippen LogP contribution >= 0.6 is 0 Å². The van der Waals surface area contributed by atoms with Crippen molar-refractivity contribution in [3.8, 4) is 6.07 Å². The van der Waals surface area contributed by atoms with Crippen molar-refractivity contribution >= 4 is 5.91 Å². The van der Waals surface area contributed by atoms with Crippen LogP contribution in [0.4, 0.5) is 0 Å². The number of carbonyl (C=O) groups excluding carboxylic acids is 1. The highest BCUT2D eigenvalue weighted by Gasteiger charge is 2.21. The van der Waals surface area contributed by atoms with Gasteiger partial charge in [-0.15, -0.1) is 0 Å². The molecule has 1 rings (SSSR count). The highest BCUT2D eigenvalue weighted by molar-refractivity contribution is 5.97. The van der Waals surface area contributed by atoms with Gasteiger partial charge in [-0.3, -0.25) is 4.79 Å². The summed E-state index contributed by atoms with van der Waals surface area (Å²) in [6.45, 7) is 5.92. The van der Waals surface area contributed by atoms with Crippen LogP contribution in [0.25, 0.3) is 0 Å². The molecule has 0 aliphatic heterocycles. The molecule has 0 aromatic heterocycles. The third kappa shape index (κ3) is 6.54. The molecule has 23 heavy (non-hydrogen) atoms. The number of benzene rings is 1. The molecule has 0 radical (unpaired) electrons. The molecule has 0 aliphatic carbocycles. The fraction of sp³-hybridized carbons (Fsp3) is 0.444. The van der Waals surface area contributed by atoms with Gasteiger partial charge in [-0.2, -0.15) is 5.26 Å². The minimum Gasteiger partial charge on any atom is -0.388 e. The van der Waals surface area contributed by atoms with Gasteiger partial charge >= 0.3 is 0 Å². The van der Waals surface area contributed by atoms with Crippen molar-refractivity contribution < 1.29 is 4.79 Å². The van der Waals surface area contributed by atoms with E-state index >= 15 is 0 Å². The average Bonchev–Trinajstić information content (AvgIpc) is 2.52. The summed E-state index contributed by atoms with van der Waals surface area (Å²) in [4.78, 5) is 16.4. The maximum absolute atomic E-state index is 12.6. The molecule has 1 aromatic rings. The molecule has 0 bridgehead atoms. The zero-order valence-corrected chi connectivity index (χ0v) is 14.4. The first-order chi connectivity index (χ1) is 11.0. The fourth-order valence-electron chi connectivity index (χ4n) is 2.03. The van der Waals surface area contributed by atoms with E-state index in [2.05, 4.69) is 5.32 Å². The molecule has 0 aliphatic rings. The van der Waals surface area contributed by atoms with Gasteiger partial charge in [-0.1, -0.05) is 30.3 Å². The first-order valence-electron chi connectivity index (χ1n) is 7.79. The second-order valence-corrected chi connectivity index (χ2v) is 5.94. The van der Waals surface area contributed by atoms with Crippen LogP contribution in [0.15, 0.2) is 42.1 Å². The van der Waals surface area contributed by atoms with Crippen molar-refractivity contribution in [3.05, 3.63) is 47.7 Å². The Labute approximate surface area is 139 Å². The third-order valence-corrected chi connectivity index (χ3v) is 3.38. The van der Waals surface area contributed by atoms with Crippen LogP contribution in [0, 0.1) is 11.3 Å². The minimum absolute atomic E-state index is 0.0150. The van der Waals surface area contributed by atoms with E-state index in [4.69, 9.17) is 0 Å². The van der Waals surface area contributed by atoms with Crippen LogP contribution in [0.3, 0.4) is 0 Å². The highest BCUT2D eigenvalue weighted by atomic mass is 16.2. The SMILES string of the molecule is CC(C)N(Cc1ccccc1)C(=O)/C(C#N)=C\NCCN(C)C. The van der Waals surface area contributed by atoms with Crippen LogP contribution in [-0.4, -0.2) is 48.9 Å². The van der Waals surface area contributed by atoms with Gasteiger partial charge in [-0.05, 0) is 33.5 Å². The van der Waals surface area contributed by atoms with Crippen LogP contribution in [0.5, 0.6) is 0 Å². The maximum Gasteiger partial charge on any atom is 0.266 e. The largest absolute Gasteiger partial charge is 0.388 e. The van der Waals surface area contributed by atoms with E-state index < -0.39 is 0 Å². The van der Waals surface area contributed by atoms with Gasteiger partial charge in [0, 0.05) is 31.9 Å². The minimum atomic E-state index is -0.247. The Morgan fingerprint density at radius 2 is 1.96 bits per heavy atom. The fourth-order valence-corrected chi connectivity index (χ4v) is 2.03.